The number of rotatable bonds is 7. The third-order valence-electron chi connectivity index (χ3n) is 4.79. The van der Waals surface area contributed by atoms with Crippen molar-refractivity contribution in [1.82, 2.24) is 4.57 Å². The van der Waals surface area contributed by atoms with Crippen molar-refractivity contribution < 1.29 is 9.90 Å². The molecule has 0 spiro atoms. The number of aromatic nitrogens is 1. The highest BCUT2D eigenvalue weighted by Crippen LogP contribution is 2.29. The summed E-state index contributed by atoms with van der Waals surface area (Å²) in [5.41, 5.74) is 0.0839. The average molecular weight is 433 g/mol. The molecule has 0 radical (unpaired) electrons. The number of amides is 1. The molecule has 0 saturated carbocycles. The average Bonchev–Trinajstić information content (AvgIpc) is 2.69. The lowest BCUT2D eigenvalue weighted by Crippen LogP contribution is -2.30. The molecule has 0 aliphatic heterocycles. The van der Waals surface area contributed by atoms with Crippen LogP contribution < -0.4 is 10.9 Å². The summed E-state index contributed by atoms with van der Waals surface area (Å²) in [6.07, 6.45) is 3.96. The molecule has 0 bridgehead atoms. The number of para-hydroxylation sites is 1. The van der Waals surface area contributed by atoms with Crippen molar-refractivity contribution in [3.8, 4) is 5.75 Å². The molecule has 1 aromatic heterocycles. The van der Waals surface area contributed by atoms with Gasteiger partial charge in [0.2, 0.25) is 0 Å². The first kappa shape index (κ1) is 21.2. The van der Waals surface area contributed by atoms with Crippen LogP contribution >= 0.6 is 23.2 Å². The minimum absolute atomic E-state index is 0.242. The fourth-order valence-electron chi connectivity index (χ4n) is 3.29. The van der Waals surface area contributed by atoms with E-state index in [1.54, 1.807) is 41.0 Å². The Bertz CT molecular complexity index is 1110. The Balaban J connectivity index is 2.04. The van der Waals surface area contributed by atoms with Crippen LogP contribution in [0.4, 0.5) is 5.69 Å². The van der Waals surface area contributed by atoms with Crippen LogP contribution in [0, 0.1) is 0 Å². The third-order valence-corrected chi connectivity index (χ3v) is 5.34. The number of carbonyl (C=O) groups is 1. The lowest BCUT2D eigenvalue weighted by atomic mass is 10.1. The zero-order valence-corrected chi connectivity index (χ0v) is 17.6. The lowest BCUT2D eigenvalue weighted by molar-refractivity contribution is 0.102. The molecule has 0 atom stereocenters. The molecule has 0 unspecified atom stereocenters. The molecule has 0 aliphatic carbocycles. The van der Waals surface area contributed by atoms with E-state index in [1.807, 2.05) is 0 Å². The molecule has 1 heterocycles. The van der Waals surface area contributed by atoms with E-state index in [1.165, 1.54) is 6.07 Å². The van der Waals surface area contributed by atoms with E-state index in [2.05, 4.69) is 12.2 Å². The van der Waals surface area contributed by atoms with Gasteiger partial charge < -0.3 is 15.0 Å². The summed E-state index contributed by atoms with van der Waals surface area (Å²) in [5.74, 6) is -1.05. The number of fused-ring (bicyclic) bond motifs is 1. The summed E-state index contributed by atoms with van der Waals surface area (Å²) >= 11 is 12.0. The topological polar surface area (TPSA) is 71.3 Å². The zero-order chi connectivity index (χ0) is 21.0. The van der Waals surface area contributed by atoms with Crippen molar-refractivity contribution in [2.45, 2.75) is 39.2 Å². The van der Waals surface area contributed by atoms with Gasteiger partial charge in [-0.25, -0.2) is 0 Å². The van der Waals surface area contributed by atoms with Crippen LogP contribution in [0.2, 0.25) is 10.0 Å². The number of hydrogen-bond acceptors (Lipinski definition) is 3. The highest BCUT2D eigenvalue weighted by molar-refractivity contribution is 6.36. The van der Waals surface area contributed by atoms with E-state index >= 15 is 0 Å². The maximum Gasteiger partial charge on any atom is 0.267 e. The Morgan fingerprint density at radius 3 is 2.59 bits per heavy atom. The molecule has 3 aromatic rings. The maximum atomic E-state index is 13.1. The molecule has 29 heavy (non-hydrogen) atoms. The highest BCUT2D eigenvalue weighted by Gasteiger charge is 2.22. The summed E-state index contributed by atoms with van der Waals surface area (Å²) in [4.78, 5) is 26.0. The first-order valence-corrected chi connectivity index (χ1v) is 10.3. The van der Waals surface area contributed by atoms with Gasteiger partial charge in [-0.05, 0) is 36.8 Å². The minimum atomic E-state index is -0.718. The summed E-state index contributed by atoms with van der Waals surface area (Å²) in [7, 11) is 0. The van der Waals surface area contributed by atoms with Gasteiger partial charge in [0.25, 0.3) is 11.5 Å². The fourth-order valence-corrected chi connectivity index (χ4v) is 3.74. The van der Waals surface area contributed by atoms with Crippen LogP contribution in [0.15, 0.2) is 47.3 Å². The van der Waals surface area contributed by atoms with Gasteiger partial charge in [0.1, 0.15) is 11.3 Å². The van der Waals surface area contributed by atoms with E-state index in [0.29, 0.717) is 28.2 Å². The van der Waals surface area contributed by atoms with Crippen molar-refractivity contribution in [1.29, 1.82) is 0 Å². The van der Waals surface area contributed by atoms with Gasteiger partial charge in [0, 0.05) is 17.0 Å². The number of hydrogen-bond donors (Lipinski definition) is 2. The molecule has 0 saturated heterocycles. The quantitative estimate of drug-likeness (QED) is 0.460. The van der Waals surface area contributed by atoms with Gasteiger partial charge in [-0.3, -0.25) is 9.59 Å². The highest BCUT2D eigenvalue weighted by atomic mass is 35.5. The Hall–Kier alpha value is -2.50. The molecular formula is C22H22Cl2N2O3. The largest absolute Gasteiger partial charge is 0.506 e. The Labute approximate surface area is 178 Å². The molecule has 152 valence electrons. The number of halogens is 2. The van der Waals surface area contributed by atoms with Gasteiger partial charge in [0.05, 0.1) is 16.2 Å². The van der Waals surface area contributed by atoms with Crippen LogP contribution in [0.1, 0.15) is 43.0 Å². The monoisotopic (exact) mass is 432 g/mol. The van der Waals surface area contributed by atoms with Gasteiger partial charge >= 0.3 is 0 Å². The Morgan fingerprint density at radius 1 is 1.10 bits per heavy atom. The number of aryl methyl sites for hydroxylation is 1. The summed E-state index contributed by atoms with van der Waals surface area (Å²) in [5, 5.41) is 14.4. The maximum absolute atomic E-state index is 13.1. The first-order valence-electron chi connectivity index (χ1n) is 9.55. The molecule has 7 heteroatoms. The van der Waals surface area contributed by atoms with E-state index in [0.717, 1.165) is 25.7 Å². The van der Waals surface area contributed by atoms with Gasteiger partial charge in [-0.2, -0.15) is 0 Å². The Morgan fingerprint density at radius 2 is 1.86 bits per heavy atom. The van der Waals surface area contributed by atoms with Crippen LogP contribution in [-0.2, 0) is 6.54 Å². The second-order valence-corrected chi connectivity index (χ2v) is 7.68. The molecule has 5 nitrogen and oxygen atoms in total. The second kappa shape index (κ2) is 9.33. The second-order valence-electron chi connectivity index (χ2n) is 6.84. The number of nitrogens with zero attached hydrogens (tertiary/aromatic N) is 1. The zero-order valence-electron chi connectivity index (χ0n) is 16.0. The van der Waals surface area contributed by atoms with Gasteiger partial charge in [-0.1, -0.05) is 61.5 Å². The summed E-state index contributed by atoms with van der Waals surface area (Å²) in [6, 6.07) is 11.6. The fraction of sp³-hybridized carbons (Fsp3) is 0.273. The number of anilines is 1. The number of pyridine rings is 1. The number of unbranched alkanes of at least 4 members (excludes halogenated alkanes) is 3. The normalized spacial score (nSPS) is 11.0. The van der Waals surface area contributed by atoms with Crippen LogP contribution in [-0.4, -0.2) is 15.6 Å². The predicted octanol–water partition coefficient (Wildman–Crippen LogP) is 5.85. The van der Waals surface area contributed by atoms with E-state index in [9.17, 15) is 14.7 Å². The van der Waals surface area contributed by atoms with Crippen LogP contribution in [0.5, 0.6) is 5.75 Å². The van der Waals surface area contributed by atoms with Crippen LogP contribution in [0.3, 0.4) is 0 Å². The smallest absolute Gasteiger partial charge is 0.267 e. The van der Waals surface area contributed by atoms with Gasteiger partial charge in [0.15, 0.2) is 0 Å². The van der Waals surface area contributed by atoms with E-state index < -0.39 is 11.5 Å². The Kier molecular flexibility index (Phi) is 6.83. The van der Waals surface area contributed by atoms with Crippen molar-refractivity contribution in [3.05, 3.63) is 68.4 Å². The predicted molar refractivity (Wildman–Crippen MR) is 118 cm³/mol. The molecule has 1 amide bonds. The van der Waals surface area contributed by atoms with Crippen molar-refractivity contribution in [3.63, 3.8) is 0 Å². The summed E-state index contributed by atoms with van der Waals surface area (Å²) < 4.78 is 1.56. The number of benzene rings is 2. The standard InChI is InChI=1S/C22H22Cl2N2O3/c1-2-3-4-7-12-26-18-9-6-5-8-15(18)20(27)19(22(26)29)21(28)25-17-11-10-14(23)13-16(17)24/h5-6,8-11,13,27H,2-4,7,12H2,1H3,(H,25,28). The van der Waals surface area contributed by atoms with Crippen molar-refractivity contribution in [2.24, 2.45) is 0 Å². The summed E-state index contributed by atoms with van der Waals surface area (Å²) in [6.45, 7) is 2.59. The molecule has 2 aromatic carbocycles. The van der Waals surface area contributed by atoms with Crippen molar-refractivity contribution >= 4 is 45.7 Å². The first-order chi connectivity index (χ1) is 13.9. The lowest BCUT2D eigenvalue weighted by Gasteiger charge is -2.15. The minimum Gasteiger partial charge on any atom is -0.506 e. The molecule has 0 aliphatic rings. The SMILES string of the molecule is CCCCCCn1c(=O)c(C(=O)Nc2ccc(Cl)cc2Cl)c(O)c2ccccc21. The van der Waals surface area contributed by atoms with Crippen LogP contribution in [0.25, 0.3) is 10.9 Å². The number of aromatic hydroxyl groups is 1. The van der Waals surface area contributed by atoms with Crippen molar-refractivity contribution in [2.75, 3.05) is 5.32 Å². The number of carbonyl (C=O) groups excluding carboxylic acids is 1. The molecule has 2 N–H and O–H groups in total. The third kappa shape index (κ3) is 4.57. The molecule has 3 rings (SSSR count). The number of nitrogens with one attached hydrogen (secondary N) is 1. The van der Waals surface area contributed by atoms with Gasteiger partial charge in [-0.15, -0.1) is 0 Å². The van der Waals surface area contributed by atoms with E-state index in [4.69, 9.17) is 23.2 Å². The van der Waals surface area contributed by atoms with E-state index in [-0.39, 0.29) is 16.3 Å². The molecule has 0 fully saturated rings. The molecular weight excluding hydrogens is 411 g/mol.